The summed E-state index contributed by atoms with van der Waals surface area (Å²) in [6.45, 7) is 2.91. The highest BCUT2D eigenvalue weighted by Gasteiger charge is 2.34. The number of rotatable bonds is 5. The fourth-order valence-electron chi connectivity index (χ4n) is 4.26. The number of halogens is 5. The van der Waals surface area contributed by atoms with Crippen molar-refractivity contribution in [2.24, 2.45) is 0 Å². The molecule has 0 radical (unpaired) electrons. The Bertz CT molecular complexity index is 1720. The minimum Gasteiger partial charge on any atom is -0.440 e. The topological polar surface area (TPSA) is 98.2 Å². The Hall–Kier alpha value is -4.13. The highest BCUT2D eigenvalue weighted by Crippen LogP contribution is 2.39. The summed E-state index contributed by atoms with van der Waals surface area (Å²) in [5.41, 5.74) is 2.65. The second-order valence-corrected chi connectivity index (χ2v) is 9.34. The molecule has 0 fully saturated rings. The number of oxazole rings is 1. The monoisotopic (exact) mass is 605 g/mol. The maximum absolute atomic E-state index is 14.7. The molecule has 0 bridgehead atoms. The number of hydrogen-bond donors (Lipinski definition) is 1. The zero-order valence-electron chi connectivity index (χ0n) is 21.4. The Morgan fingerprint density at radius 1 is 0.976 bits per heavy atom. The lowest BCUT2D eigenvalue weighted by Gasteiger charge is -2.14. The third kappa shape index (κ3) is 6.45. The van der Waals surface area contributed by atoms with Crippen molar-refractivity contribution >= 4 is 23.2 Å². The van der Waals surface area contributed by atoms with Gasteiger partial charge in [-0.25, -0.2) is 14.1 Å². The summed E-state index contributed by atoms with van der Waals surface area (Å²) in [4.78, 5) is 4.51. The van der Waals surface area contributed by atoms with Gasteiger partial charge in [0.05, 0.1) is 12.3 Å². The lowest BCUT2D eigenvalue weighted by molar-refractivity contribution is -0.141. The summed E-state index contributed by atoms with van der Waals surface area (Å²) < 4.78 is 78.3. The van der Waals surface area contributed by atoms with Crippen LogP contribution in [0.15, 0.2) is 71.3 Å². The summed E-state index contributed by atoms with van der Waals surface area (Å²) in [5.74, 6) is 0.0780. The Morgan fingerprint density at radius 3 is 2.22 bits per heavy atom. The predicted octanol–water partition coefficient (Wildman–Crippen LogP) is 7.11. The van der Waals surface area contributed by atoms with E-state index in [0.717, 1.165) is 10.7 Å². The van der Waals surface area contributed by atoms with E-state index in [2.05, 4.69) is 10.1 Å². The molecule has 0 spiro atoms. The predicted molar refractivity (Wildman–Crippen MR) is 144 cm³/mol. The maximum atomic E-state index is 14.7. The molecule has 2 aromatic heterocycles. The molecule has 0 unspecified atom stereocenters. The quantitative estimate of drug-likeness (QED) is 0.214. The smallest absolute Gasteiger partial charge is 0.435 e. The van der Waals surface area contributed by atoms with Crippen LogP contribution in [0.4, 0.5) is 17.6 Å². The SMILES string of the molecule is Cc1nc(-c2ccc(Cl)cc2)c(-c2cc(-c3cc(C)c(CO)c(F)c3)ccc2-n2ccc(C(F)(F)F)n2)o1.O=S=O. The number of aryl methyl sites for hydroxylation is 2. The fourth-order valence-corrected chi connectivity index (χ4v) is 4.39. The first-order valence-electron chi connectivity index (χ1n) is 11.8. The molecule has 0 amide bonds. The average molecular weight is 606 g/mol. The summed E-state index contributed by atoms with van der Waals surface area (Å²) in [5, 5.41) is 13.7. The Labute approximate surface area is 239 Å². The van der Waals surface area contributed by atoms with Gasteiger partial charge in [0.2, 0.25) is 0 Å². The third-order valence-electron chi connectivity index (χ3n) is 6.13. The molecule has 13 heteroatoms. The van der Waals surface area contributed by atoms with Gasteiger partial charge in [0.25, 0.3) is 0 Å². The first-order valence-corrected chi connectivity index (χ1v) is 12.8. The molecule has 1 N–H and O–H groups in total. The second-order valence-electron chi connectivity index (χ2n) is 8.77. The van der Waals surface area contributed by atoms with Gasteiger partial charge < -0.3 is 9.52 Å². The molecule has 0 aliphatic rings. The lowest BCUT2D eigenvalue weighted by atomic mass is 9.96. The van der Waals surface area contributed by atoms with Crippen molar-refractivity contribution in [1.29, 1.82) is 0 Å². The molecule has 5 aromatic rings. The molecule has 2 heterocycles. The van der Waals surface area contributed by atoms with Crippen molar-refractivity contribution < 1.29 is 35.5 Å². The number of aliphatic hydroxyl groups is 1. The van der Waals surface area contributed by atoms with Gasteiger partial charge in [-0.1, -0.05) is 35.9 Å². The van der Waals surface area contributed by atoms with Crippen LogP contribution in [0, 0.1) is 19.7 Å². The number of aromatic nitrogens is 3. The summed E-state index contributed by atoms with van der Waals surface area (Å²) in [6.07, 6.45) is -3.40. The van der Waals surface area contributed by atoms with E-state index in [9.17, 15) is 22.7 Å². The lowest BCUT2D eigenvalue weighted by Crippen LogP contribution is -2.07. The minimum atomic E-state index is -4.62. The number of nitrogens with zero attached hydrogens (tertiary/aromatic N) is 3. The van der Waals surface area contributed by atoms with E-state index in [1.54, 1.807) is 62.4 Å². The number of alkyl halides is 3. The van der Waals surface area contributed by atoms with E-state index in [1.165, 1.54) is 12.3 Å². The van der Waals surface area contributed by atoms with Crippen LogP contribution in [-0.4, -0.2) is 28.3 Å². The van der Waals surface area contributed by atoms with Gasteiger partial charge in [0, 0.05) is 34.8 Å². The van der Waals surface area contributed by atoms with Crippen LogP contribution >= 0.6 is 11.6 Å². The zero-order valence-corrected chi connectivity index (χ0v) is 22.9. The molecule has 212 valence electrons. The molecule has 0 saturated carbocycles. The highest BCUT2D eigenvalue weighted by molar-refractivity contribution is 7.51. The van der Waals surface area contributed by atoms with Crippen LogP contribution in [0.25, 0.3) is 39.4 Å². The Morgan fingerprint density at radius 2 is 1.63 bits per heavy atom. The van der Waals surface area contributed by atoms with Crippen LogP contribution in [0.5, 0.6) is 0 Å². The first kappa shape index (κ1) is 29.8. The van der Waals surface area contributed by atoms with Gasteiger partial charge in [0.15, 0.2) is 17.3 Å². The molecule has 3 aromatic carbocycles. The van der Waals surface area contributed by atoms with Crippen molar-refractivity contribution in [3.05, 3.63) is 100 Å². The summed E-state index contributed by atoms with van der Waals surface area (Å²) >= 11 is 5.30. The molecule has 0 aliphatic carbocycles. The van der Waals surface area contributed by atoms with Crippen LogP contribution in [0.1, 0.15) is 22.7 Å². The molecule has 7 nitrogen and oxygen atoms in total. The van der Waals surface area contributed by atoms with Crippen molar-refractivity contribution in [1.82, 2.24) is 14.8 Å². The second kappa shape index (κ2) is 12.2. The van der Waals surface area contributed by atoms with Gasteiger partial charge >= 0.3 is 17.7 Å². The largest absolute Gasteiger partial charge is 0.440 e. The van der Waals surface area contributed by atoms with Gasteiger partial charge in [-0.2, -0.15) is 26.7 Å². The molecule has 0 aliphatic heterocycles. The van der Waals surface area contributed by atoms with Crippen molar-refractivity contribution in [3.63, 3.8) is 0 Å². The molecule has 0 saturated heterocycles. The van der Waals surface area contributed by atoms with Crippen molar-refractivity contribution in [2.75, 3.05) is 0 Å². The van der Waals surface area contributed by atoms with Gasteiger partial charge in [-0.05, 0) is 60.0 Å². The van der Waals surface area contributed by atoms with Crippen LogP contribution < -0.4 is 0 Å². The Balaban J connectivity index is 0.00000124. The number of benzene rings is 3. The van der Waals surface area contributed by atoms with E-state index in [0.29, 0.717) is 55.9 Å². The molecular formula is C28H20ClF4N3O4S. The van der Waals surface area contributed by atoms with E-state index in [1.807, 2.05) is 0 Å². The molecule has 5 rings (SSSR count). The van der Waals surface area contributed by atoms with Gasteiger partial charge in [-0.15, -0.1) is 0 Å². The van der Waals surface area contributed by atoms with E-state index < -0.39 is 35.9 Å². The van der Waals surface area contributed by atoms with Crippen molar-refractivity contribution in [3.8, 4) is 39.4 Å². The van der Waals surface area contributed by atoms with Gasteiger partial charge in [0.1, 0.15) is 11.5 Å². The average Bonchev–Trinajstić information content (AvgIpc) is 3.56. The summed E-state index contributed by atoms with van der Waals surface area (Å²) in [7, 11) is 0. The van der Waals surface area contributed by atoms with Gasteiger partial charge in [-0.3, -0.25) is 0 Å². The van der Waals surface area contributed by atoms with E-state index >= 15 is 0 Å². The zero-order chi connectivity index (χ0) is 29.9. The summed E-state index contributed by atoms with van der Waals surface area (Å²) in [6, 6.07) is 15.8. The Kier molecular flexibility index (Phi) is 8.86. The van der Waals surface area contributed by atoms with Crippen LogP contribution in [-0.2, 0) is 24.4 Å². The fraction of sp³-hybridized carbons (Fsp3) is 0.143. The third-order valence-corrected chi connectivity index (χ3v) is 6.38. The van der Waals surface area contributed by atoms with E-state index in [4.69, 9.17) is 24.4 Å². The molecule has 41 heavy (non-hydrogen) atoms. The number of hydrogen-bond acceptors (Lipinski definition) is 6. The van der Waals surface area contributed by atoms with E-state index in [-0.39, 0.29) is 5.56 Å². The minimum absolute atomic E-state index is 0.192. The standard InChI is InChI=1S/C28H20ClF4N3O2.O2S/c1-15-11-19(13-23(30)22(15)14-37)18-5-8-24(36-10-9-25(35-36)28(31,32)33)21(12-18)27-26(34-16(2)38-27)17-3-6-20(29)7-4-17;1-3-2/h3-13,37H,14H2,1-2H3;. The molecular weight excluding hydrogens is 586 g/mol. The molecule has 0 atom stereocenters. The van der Waals surface area contributed by atoms with Crippen LogP contribution in [0.3, 0.4) is 0 Å². The van der Waals surface area contributed by atoms with Crippen molar-refractivity contribution in [2.45, 2.75) is 26.6 Å². The normalized spacial score (nSPS) is 11.2. The highest BCUT2D eigenvalue weighted by atomic mass is 35.5. The van der Waals surface area contributed by atoms with Crippen LogP contribution in [0.2, 0.25) is 5.02 Å². The maximum Gasteiger partial charge on any atom is 0.435 e. The number of aliphatic hydroxyl groups excluding tert-OH is 1. The first-order chi connectivity index (χ1) is 19.5.